The molecule has 36 heavy (non-hydrogen) atoms. The quantitative estimate of drug-likeness (QED) is 0.449. The zero-order chi connectivity index (χ0) is 26.5. The summed E-state index contributed by atoms with van der Waals surface area (Å²) in [5.74, 6) is -7.37. The van der Waals surface area contributed by atoms with Gasteiger partial charge in [-0.1, -0.05) is 18.2 Å². The first-order valence-electron chi connectivity index (χ1n) is 10.1. The van der Waals surface area contributed by atoms with Crippen LogP contribution in [0, 0.1) is 11.6 Å². The molecule has 1 aliphatic rings. The standard InChI is InChI=1S/C23H16F7N3O2S/c1-36(34,35)21-7-3-6-18(31-21)13-4-2-5-15(10-13)33-19(16-9-8-14(24)11-17(16)25)12-20(32-33)22(26,27)23(28,29)30/h2-12,20,32H,1H3. The van der Waals surface area contributed by atoms with Gasteiger partial charge in [-0.2, -0.15) is 22.0 Å². The maximum Gasteiger partial charge on any atom is 0.455 e. The van der Waals surface area contributed by atoms with E-state index < -0.39 is 50.9 Å². The Morgan fingerprint density at radius 2 is 1.64 bits per heavy atom. The summed E-state index contributed by atoms with van der Waals surface area (Å²) in [6.07, 6.45) is -4.44. The van der Waals surface area contributed by atoms with Crippen LogP contribution in [-0.4, -0.2) is 37.8 Å². The number of hydrazine groups is 1. The van der Waals surface area contributed by atoms with Crippen LogP contribution >= 0.6 is 0 Å². The van der Waals surface area contributed by atoms with Crippen molar-refractivity contribution in [2.75, 3.05) is 11.3 Å². The highest BCUT2D eigenvalue weighted by Crippen LogP contribution is 2.43. The van der Waals surface area contributed by atoms with Crippen LogP contribution in [0.1, 0.15) is 5.56 Å². The highest BCUT2D eigenvalue weighted by molar-refractivity contribution is 7.90. The Morgan fingerprint density at radius 3 is 2.28 bits per heavy atom. The molecule has 3 aromatic rings. The minimum Gasteiger partial charge on any atom is -0.276 e. The average molecular weight is 531 g/mol. The van der Waals surface area contributed by atoms with Gasteiger partial charge in [0.05, 0.1) is 17.1 Å². The molecule has 0 aliphatic carbocycles. The predicted molar refractivity (Wildman–Crippen MR) is 118 cm³/mol. The van der Waals surface area contributed by atoms with Crippen LogP contribution in [0.3, 0.4) is 0 Å². The van der Waals surface area contributed by atoms with Gasteiger partial charge in [0, 0.05) is 23.4 Å². The van der Waals surface area contributed by atoms with Gasteiger partial charge >= 0.3 is 12.1 Å². The summed E-state index contributed by atoms with van der Waals surface area (Å²) in [7, 11) is -3.66. The molecule has 0 amide bonds. The van der Waals surface area contributed by atoms with E-state index >= 15 is 0 Å². The van der Waals surface area contributed by atoms with Gasteiger partial charge in [0.25, 0.3) is 0 Å². The Hall–Kier alpha value is -3.45. The van der Waals surface area contributed by atoms with Crippen molar-refractivity contribution in [2.24, 2.45) is 0 Å². The number of nitrogens with zero attached hydrogens (tertiary/aromatic N) is 2. The Morgan fingerprint density at radius 1 is 0.944 bits per heavy atom. The van der Waals surface area contributed by atoms with Gasteiger partial charge in [-0.3, -0.25) is 5.01 Å². The van der Waals surface area contributed by atoms with E-state index in [9.17, 15) is 39.2 Å². The van der Waals surface area contributed by atoms with Crippen LogP contribution in [0.2, 0.25) is 0 Å². The molecule has 0 saturated heterocycles. The average Bonchev–Trinajstić information content (AvgIpc) is 3.24. The molecule has 2 heterocycles. The van der Waals surface area contributed by atoms with E-state index in [1.54, 1.807) is 0 Å². The van der Waals surface area contributed by atoms with Gasteiger partial charge in [0.2, 0.25) is 0 Å². The van der Waals surface area contributed by atoms with E-state index in [1.165, 1.54) is 42.5 Å². The maximum atomic E-state index is 14.5. The van der Waals surface area contributed by atoms with Gasteiger partial charge in [0.15, 0.2) is 14.9 Å². The molecule has 0 saturated carbocycles. The number of halogens is 7. The molecule has 13 heteroatoms. The molecule has 0 radical (unpaired) electrons. The monoisotopic (exact) mass is 531 g/mol. The summed E-state index contributed by atoms with van der Waals surface area (Å²) in [6, 6.07) is 9.42. The molecular formula is C23H16F7N3O2S. The smallest absolute Gasteiger partial charge is 0.276 e. The molecule has 5 nitrogen and oxygen atoms in total. The number of pyridine rings is 1. The lowest BCUT2D eigenvalue weighted by atomic mass is 10.1. The number of nitrogens with one attached hydrogen (secondary N) is 1. The van der Waals surface area contributed by atoms with Crippen LogP contribution in [0.4, 0.5) is 36.4 Å². The molecule has 1 atom stereocenters. The third-order valence-corrected chi connectivity index (χ3v) is 6.30. The molecule has 4 rings (SSSR count). The highest BCUT2D eigenvalue weighted by Gasteiger charge is 2.63. The van der Waals surface area contributed by atoms with Crippen molar-refractivity contribution in [1.29, 1.82) is 0 Å². The van der Waals surface area contributed by atoms with Gasteiger partial charge in [0.1, 0.15) is 17.7 Å². The second kappa shape index (κ2) is 8.89. The summed E-state index contributed by atoms with van der Waals surface area (Å²) in [5, 5.41) is 0.591. The Kier molecular flexibility index (Phi) is 6.33. The number of aromatic nitrogens is 1. The SMILES string of the molecule is CS(=O)(=O)c1cccc(-c2cccc(N3NC(C(F)(F)C(F)(F)F)C=C3c3ccc(F)cc3F)c2)n1. The van der Waals surface area contributed by atoms with Crippen LogP contribution in [0.15, 0.2) is 71.8 Å². The van der Waals surface area contributed by atoms with Crippen molar-refractivity contribution >= 4 is 21.2 Å². The Bertz CT molecular complexity index is 1460. The third kappa shape index (κ3) is 4.80. The largest absolute Gasteiger partial charge is 0.455 e. The summed E-state index contributed by atoms with van der Waals surface area (Å²) in [6.45, 7) is 0. The normalized spacial score (nSPS) is 16.8. The number of hydrogen-bond acceptors (Lipinski definition) is 5. The molecule has 2 aromatic carbocycles. The first-order valence-corrected chi connectivity index (χ1v) is 12.0. The molecule has 1 aromatic heterocycles. The fourth-order valence-corrected chi connectivity index (χ4v) is 4.14. The molecular weight excluding hydrogens is 515 g/mol. The molecule has 190 valence electrons. The van der Waals surface area contributed by atoms with Crippen LogP contribution < -0.4 is 10.4 Å². The number of sulfone groups is 1. The van der Waals surface area contributed by atoms with Gasteiger partial charge in [-0.15, -0.1) is 0 Å². The Labute approximate surface area is 200 Å². The second-order valence-corrected chi connectivity index (χ2v) is 9.89. The first kappa shape index (κ1) is 25.6. The lowest BCUT2D eigenvalue weighted by Gasteiger charge is -2.28. The van der Waals surface area contributed by atoms with Crippen molar-refractivity contribution < 1.29 is 39.2 Å². The molecule has 1 N–H and O–H groups in total. The van der Waals surface area contributed by atoms with E-state index in [1.807, 2.05) is 0 Å². The zero-order valence-electron chi connectivity index (χ0n) is 18.2. The summed E-state index contributed by atoms with van der Waals surface area (Å²) in [5.41, 5.74) is 1.70. The Balaban J connectivity index is 1.81. The summed E-state index contributed by atoms with van der Waals surface area (Å²) in [4.78, 5) is 4.06. The lowest BCUT2D eigenvalue weighted by Crippen LogP contribution is -2.54. The summed E-state index contributed by atoms with van der Waals surface area (Å²) >= 11 is 0. The number of rotatable bonds is 5. The van der Waals surface area contributed by atoms with Crippen molar-refractivity contribution in [3.63, 3.8) is 0 Å². The predicted octanol–water partition coefficient (Wildman–Crippen LogP) is 5.36. The second-order valence-electron chi connectivity index (χ2n) is 7.92. The third-order valence-electron chi connectivity index (χ3n) is 5.31. The van der Waals surface area contributed by atoms with Gasteiger partial charge < -0.3 is 0 Å². The van der Waals surface area contributed by atoms with Crippen molar-refractivity contribution in [1.82, 2.24) is 10.4 Å². The minimum absolute atomic E-state index is 0.00880. The topological polar surface area (TPSA) is 62.3 Å². The molecule has 1 aliphatic heterocycles. The van der Waals surface area contributed by atoms with Crippen molar-refractivity contribution in [3.05, 3.63) is 83.9 Å². The van der Waals surface area contributed by atoms with E-state index in [0.29, 0.717) is 17.7 Å². The number of anilines is 1. The highest BCUT2D eigenvalue weighted by atomic mass is 32.2. The lowest BCUT2D eigenvalue weighted by molar-refractivity contribution is -0.287. The number of alkyl halides is 5. The maximum absolute atomic E-state index is 14.5. The molecule has 0 bridgehead atoms. The zero-order valence-corrected chi connectivity index (χ0v) is 19.0. The van der Waals surface area contributed by atoms with E-state index in [-0.39, 0.29) is 16.4 Å². The van der Waals surface area contributed by atoms with E-state index in [0.717, 1.165) is 23.4 Å². The van der Waals surface area contributed by atoms with Crippen molar-refractivity contribution in [3.8, 4) is 11.3 Å². The fourth-order valence-electron chi connectivity index (χ4n) is 3.55. The fraction of sp³-hybridized carbons (Fsp3) is 0.174. The van der Waals surface area contributed by atoms with Crippen LogP contribution in [-0.2, 0) is 9.84 Å². The molecule has 1 unspecified atom stereocenters. The van der Waals surface area contributed by atoms with Gasteiger partial charge in [-0.25, -0.2) is 27.6 Å². The number of benzene rings is 2. The van der Waals surface area contributed by atoms with Gasteiger partial charge in [-0.05, 0) is 42.5 Å². The van der Waals surface area contributed by atoms with Crippen molar-refractivity contribution in [2.45, 2.75) is 23.2 Å². The number of hydrogen-bond donors (Lipinski definition) is 1. The minimum atomic E-state index is -5.92. The summed E-state index contributed by atoms with van der Waals surface area (Å²) < 4.78 is 119. The van der Waals surface area contributed by atoms with Crippen LogP contribution in [0.5, 0.6) is 0 Å². The molecule has 0 spiro atoms. The first-order chi connectivity index (χ1) is 16.7. The van der Waals surface area contributed by atoms with E-state index in [4.69, 9.17) is 0 Å². The van der Waals surface area contributed by atoms with Crippen LogP contribution in [0.25, 0.3) is 17.0 Å². The molecule has 0 fully saturated rings. The van der Waals surface area contributed by atoms with E-state index in [2.05, 4.69) is 10.4 Å².